The van der Waals surface area contributed by atoms with E-state index >= 15 is 0 Å². The van der Waals surface area contributed by atoms with Crippen LogP contribution in [-0.4, -0.2) is 49.0 Å². The lowest BCUT2D eigenvalue weighted by Crippen LogP contribution is -2.29. The predicted molar refractivity (Wildman–Crippen MR) is 158 cm³/mol. The van der Waals surface area contributed by atoms with Crippen LogP contribution in [0.25, 0.3) is 5.76 Å². The van der Waals surface area contributed by atoms with Crippen LogP contribution in [0.2, 0.25) is 0 Å². The average Bonchev–Trinajstić information content (AvgIpc) is 3.17. The van der Waals surface area contributed by atoms with Gasteiger partial charge in [0.25, 0.3) is 11.7 Å². The summed E-state index contributed by atoms with van der Waals surface area (Å²) in [6, 6.07) is 19.7. The van der Waals surface area contributed by atoms with Crippen LogP contribution in [0.1, 0.15) is 49.1 Å². The summed E-state index contributed by atoms with van der Waals surface area (Å²) in [5, 5.41) is 11.5. The van der Waals surface area contributed by atoms with Gasteiger partial charge in [0.05, 0.1) is 24.8 Å². The first-order chi connectivity index (χ1) is 19.1. The Morgan fingerprint density at radius 3 is 2.35 bits per heavy atom. The number of hydrogen-bond acceptors (Lipinski definition) is 6. The molecule has 0 aliphatic carbocycles. The number of likely N-dealkylation sites (tertiary alicyclic amines) is 1. The molecule has 40 heavy (non-hydrogen) atoms. The predicted octanol–water partition coefficient (Wildman–Crippen LogP) is 6.12. The Hall–Kier alpha value is -4.26. The van der Waals surface area contributed by atoms with Crippen molar-refractivity contribution in [1.82, 2.24) is 4.90 Å². The second-order valence-electron chi connectivity index (χ2n) is 10.7. The summed E-state index contributed by atoms with van der Waals surface area (Å²) in [5.74, 6) is 0.215. The summed E-state index contributed by atoms with van der Waals surface area (Å²) in [7, 11) is 3.90. The molecule has 4 rings (SSSR count). The van der Waals surface area contributed by atoms with Crippen LogP contribution in [-0.2, 0) is 16.1 Å². The molecule has 1 fully saturated rings. The van der Waals surface area contributed by atoms with Crippen LogP contribution in [0.4, 0.5) is 5.69 Å². The maximum absolute atomic E-state index is 13.5. The first-order valence-corrected chi connectivity index (χ1v) is 13.6. The highest BCUT2D eigenvalue weighted by Gasteiger charge is 2.46. The monoisotopic (exact) mass is 542 g/mol. The average molecular weight is 543 g/mol. The molecule has 0 spiro atoms. The zero-order valence-corrected chi connectivity index (χ0v) is 24.1. The van der Waals surface area contributed by atoms with E-state index in [1.807, 2.05) is 81.4 Å². The number of rotatable bonds is 10. The quantitative estimate of drug-likeness (QED) is 0.189. The Balaban J connectivity index is 1.79. The number of anilines is 1. The van der Waals surface area contributed by atoms with Gasteiger partial charge >= 0.3 is 0 Å². The lowest BCUT2D eigenvalue weighted by molar-refractivity contribution is -0.140. The minimum Gasteiger partial charge on any atom is -0.507 e. The number of aryl methyl sites for hydroxylation is 1. The Labute approximate surface area is 236 Å². The number of ketones is 1. The number of Topliss-reactive ketones (excluding diaryl/α,β-unsaturated/α-hetero) is 1. The fourth-order valence-electron chi connectivity index (χ4n) is 4.81. The van der Waals surface area contributed by atoms with Gasteiger partial charge in [-0.25, -0.2) is 0 Å². The molecule has 1 unspecified atom stereocenters. The molecular weight excluding hydrogens is 504 g/mol. The van der Waals surface area contributed by atoms with Crippen molar-refractivity contribution in [2.24, 2.45) is 5.92 Å². The summed E-state index contributed by atoms with van der Waals surface area (Å²) in [4.78, 5) is 30.5. The topological polar surface area (TPSA) is 79.3 Å². The Bertz CT molecular complexity index is 1410. The molecule has 7 nitrogen and oxygen atoms in total. The third-order valence-corrected chi connectivity index (χ3v) is 6.85. The van der Waals surface area contributed by atoms with Gasteiger partial charge in [-0.15, -0.1) is 0 Å². The smallest absolute Gasteiger partial charge is 0.295 e. The van der Waals surface area contributed by atoms with E-state index in [0.29, 0.717) is 30.4 Å². The molecule has 3 aromatic carbocycles. The minimum atomic E-state index is -0.760. The van der Waals surface area contributed by atoms with E-state index in [1.54, 1.807) is 18.2 Å². The molecule has 1 aliphatic heterocycles. The maximum atomic E-state index is 13.5. The molecule has 1 amide bonds. The fraction of sp³-hybridized carbons (Fsp3) is 0.333. The Kier molecular flexibility index (Phi) is 8.83. The highest BCUT2D eigenvalue weighted by atomic mass is 16.5. The zero-order valence-electron chi connectivity index (χ0n) is 24.1. The molecule has 0 saturated carbocycles. The van der Waals surface area contributed by atoms with E-state index in [2.05, 4.69) is 13.8 Å². The number of carbonyl (C=O) groups is 2. The van der Waals surface area contributed by atoms with Crippen molar-refractivity contribution in [3.05, 3.63) is 94.6 Å². The lowest BCUT2D eigenvalue weighted by Gasteiger charge is -2.26. The fourth-order valence-corrected chi connectivity index (χ4v) is 4.81. The molecule has 0 aromatic heterocycles. The van der Waals surface area contributed by atoms with Crippen molar-refractivity contribution in [1.29, 1.82) is 0 Å². The van der Waals surface area contributed by atoms with Crippen molar-refractivity contribution in [3.8, 4) is 11.5 Å². The highest BCUT2D eigenvalue weighted by Crippen LogP contribution is 2.41. The first-order valence-electron chi connectivity index (χ1n) is 13.6. The summed E-state index contributed by atoms with van der Waals surface area (Å²) >= 11 is 0. The van der Waals surface area contributed by atoms with E-state index in [-0.39, 0.29) is 17.9 Å². The third-order valence-electron chi connectivity index (χ3n) is 6.85. The lowest BCUT2D eigenvalue weighted by atomic mass is 9.94. The van der Waals surface area contributed by atoms with Crippen LogP contribution in [0.15, 0.2) is 72.3 Å². The van der Waals surface area contributed by atoms with Crippen molar-refractivity contribution < 1.29 is 24.2 Å². The van der Waals surface area contributed by atoms with Gasteiger partial charge in [-0.2, -0.15) is 0 Å². The molecule has 0 radical (unpaired) electrons. The highest BCUT2D eigenvalue weighted by molar-refractivity contribution is 6.46. The minimum absolute atomic E-state index is 0.0683. The van der Waals surface area contributed by atoms with E-state index in [9.17, 15) is 14.7 Å². The van der Waals surface area contributed by atoms with Crippen molar-refractivity contribution in [3.63, 3.8) is 0 Å². The molecule has 3 aromatic rings. The second-order valence-corrected chi connectivity index (χ2v) is 10.7. The Morgan fingerprint density at radius 2 is 1.73 bits per heavy atom. The molecule has 0 bridgehead atoms. The van der Waals surface area contributed by atoms with Gasteiger partial charge in [0.1, 0.15) is 17.3 Å². The van der Waals surface area contributed by atoms with Gasteiger partial charge in [-0.05, 0) is 78.9 Å². The SMILES string of the molecule is CCOc1cccc(CN2C(=O)C(=O)/C(=C(\O)c3ccc(OCC(C)C)c(C)c3)C2c2ccc(N(C)C)cc2)c1. The number of amides is 1. The van der Waals surface area contributed by atoms with Crippen molar-refractivity contribution >= 4 is 23.1 Å². The Morgan fingerprint density at radius 1 is 1.00 bits per heavy atom. The molecule has 210 valence electrons. The van der Waals surface area contributed by atoms with Crippen LogP contribution in [0.5, 0.6) is 11.5 Å². The van der Waals surface area contributed by atoms with E-state index in [4.69, 9.17) is 9.47 Å². The van der Waals surface area contributed by atoms with Crippen molar-refractivity contribution in [2.45, 2.75) is 40.3 Å². The first kappa shape index (κ1) is 28.7. The standard InChI is InChI=1S/C33H38N2O5/c1-7-39-27-10-8-9-23(18-27)19-35-30(24-11-14-26(15-12-24)34(5)6)29(32(37)33(35)38)31(36)25-13-16-28(22(4)17-25)40-20-21(2)3/h8-18,21,30,36H,7,19-20H2,1-6H3/b31-29-. The summed E-state index contributed by atoms with van der Waals surface area (Å²) in [6.07, 6.45) is 0. The maximum Gasteiger partial charge on any atom is 0.295 e. The van der Waals surface area contributed by atoms with Gasteiger partial charge in [0.15, 0.2) is 0 Å². The van der Waals surface area contributed by atoms with Gasteiger partial charge in [-0.3, -0.25) is 9.59 Å². The molecule has 1 aliphatic rings. The van der Waals surface area contributed by atoms with Gasteiger partial charge < -0.3 is 24.4 Å². The molecule has 1 atom stereocenters. The van der Waals surface area contributed by atoms with Gasteiger partial charge in [0, 0.05) is 31.9 Å². The number of hydrogen-bond donors (Lipinski definition) is 1. The van der Waals surface area contributed by atoms with E-state index in [0.717, 1.165) is 28.1 Å². The number of nitrogens with zero attached hydrogens (tertiary/aromatic N) is 2. The number of carbonyl (C=O) groups excluding carboxylic acids is 2. The zero-order chi connectivity index (χ0) is 29.0. The van der Waals surface area contributed by atoms with E-state index in [1.165, 1.54) is 4.90 Å². The molecule has 7 heteroatoms. The number of aliphatic hydroxyl groups is 1. The third kappa shape index (κ3) is 6.14. The summed E-state index contributed by atoms with van der Waals surface area (Å²) in [6.45, 7) is 9.24. The van der Waals surface area contributed by atoms with Crippen molar-refractivity contribution in [2.75, 3.05) is 32.2 Å². The van der Waals surface area contributed by atoms with Gasteiger partial charge in [-0.1, -0.05) is 38.1 Å². The van der Waals surface area contributed by atoms with Gasteiger partial charge in [0.2, 0.25) is 0 Å². The van der Waals surface area contributed by atoms with Crippen LogP contribution in [0, 0.1) is 12.8 Å². The molecule has 1 saturated heterocycles. The number of benzene rings is 3. The second kappa shape index (κ2) is 12.3. The van der Waals surface area contributed by atoms with Crippen LogP contribution >= 0.6 is 0 Å². The van der Waals surface area contributed by atoms with Crippen LogP contribution in [0.3, 0.4) is 0 Å². The normalized spacial score (nSPS) is 16.5. The largest absolute Gasteiger partial charge is 0.507 e. The molecular formula is C33H38N2O5. The summed E-state index contributed by atoms with van der Waals surface area (Å²) in [5.41, 5.74) is 3.90. The molecule has 1 N–H and O–H groups in total. The van der Waals surface area contributed by atoms with Crippen LogP contribution < -0.4 is 14.4 Å². The number of aliphatic hydroxyl groups excluding tert-OH is 1. The summed E-state index contributed by atoms with van der Waals surface area (Å²) < 4.78 is 11.5. The molecule has 1 heterocycles. The van der Waals surface area contributed by atoms with E-state index < -0.39 is 17.7 Å². The number of ether oxygens (including phenoxy) is 2.